The van der Waals surface area contributed by atoms with E-state index in [0.717, 1.165) is 89.9 Å². The summed E-state index contributed by atoms with van der Waals surface area (Å²) in [6, 6.07) is 0. The van der Waals surface area contributed by atoms with Gasteiger partial charge in [-0.25, -0.2) is 0 Å². The second-order valence-corrected chi connectivity index (χ2v) is 21.7. The Hall–Kier alpha value is -3.67. The van der Waals surface area contributed by atoms with Crippen LogP contribution in [0.25, 0.3) is 0 Å². The third-order valence-electron chi connectivity index (χ3n) is 14.1. The third kappa shape index (κ3) is 63.0. The van der Waals surface area contributed by atoms with Gasteiger partial charge < -0.3 is 14.2 Å². The number of rotatable bonds is 59. The molecule has 77 heavy (non-hydrogen) atoms. The van der Waals surface area contributed by atoms with Crippen molar-refractivity contribution in [2.45, 2.75) is 322 Å². The molecule has 0 aromatic heterocycles. The van der Waals surface area contributed by atoms with Crippen molar-refractivity contribution in [2.75, 3.05) is 13.2 Å². The summed E-state index contributed by atoms with van der Waals surface area (Å²) in [4.78, 5) is 38.2. The Morgan fingerprint density at radius 3 is 0.883 bits per heavy atom. The van der Waals surface area contributed by atoms with Crippen LogP contribution in [0.1, 0.15) is 316 Å². The van der Waals surface area contributed by atoms with E-state index < -0.39 is 12.1 Å². The van der Waals surface area contributed by atoms with E-state index in [9.17, 15) is 14.4 Å². The van der Waals surface area contributed by atoms with Gasteiger partial charge in [0.2, 0.25) is 0 Å². The fraction of sp³-hybridized carbons (Fsp3) is 0.732. The molecule has 6 heteroatoms. The van der Waals surface area contributed by atoms with Crippen LogP contribution in [-0.4, -0.2) is 37.2 Å². The number of hydrogen-bond donors (Lipinski definition) is 0. The SMILES string of the molecule is CC/C=C\C/C=C\C/C=C\C/C=C\C/C=C\CC(=O)OC(COC(=O)CCCCCCC/C=C\CCCCCC)COC(=O)CCCCCCCCCCCCCCCCCCCCC/C=C\C/C=C\CCCCCCC. The third-order valence-corrected chi connectivity index (χ3v) is 14.1. The highest BCUT2D eigenvalue weighted by molar-refractivity contribution is 5.72. The molecule has 442 valence electrons. The Morgan fingerprint density at radius 1 is 0.286 bits per heavy atom. The van der Waals surface area contributed by atoms with E-state index in [1.807, 2.05) is 6.08 Å². The van der Waals surface area contributed by atoms with Gasteiger partial charge in [-0.1, -0.05) is 291 Å². The molecule has 1 atom stereocenters. The number of unbranched alkanes of at least 4 members (excludes halogenated alkanes) is 33. The summed E-state index contributed by atoms with van der Waals surface area (Å²) in [5, 5.41) is 0. The number of esters is 3. The standard InChI is InChI=1S/C71H122O6/c1-4-7-10-13-16-19-22-25-27-28-29-30-31-32-33-34-35-36-37-38-39-40-41-42-44-46-49-52-55-58-61-64-70(73)76-67-68(66-75-69(72)63-60-57-54-51-48-45-24-21-18-15-12-9-6-3)77-71(74)65-62-59-56-53-50-47-43-26-23-20-17-14-11-8-5-2/h8,11,17,20-22,24-26,28-29,43,50,53,59,62,68H,4-7,9-10,12-16,18-19,23,27,30-42,44-49,51-52,54-58,60-61,63-67H2,1-3H3/b11-8-,20-17-,24-21-,25-22-,29-28-,43-26-,53-50-,62-59-. The topological polar surface area (TPSA) is 78.9 Å². The summed E-state index contributed by atoms with van der Waals surface area (Å²) in [5.74, 6) is -1.05. The van der Waals surface area contributed by atoms with E-state index in [-0.39, 0.29) is 31.6 Å². The predicted molar refractivity (Wildman–Crippen MR) is 334 cm³/mol. The molecular formula is C71H122O6. The first-order valence-corrected chi connectivity index (χ1v) is 32.7. The summed E-state index contributed by atoms with van der Waals surface area (Å²) >= 11 is 0. The van der Waals surface area contributed by atoms with Gasteiger partial charge in [0.1, 0.15) is 13.2 Å². The number of hydrogen-bond acceptors (Lipinski definition) is 6. The van der Waals surface area contributed by atoms with Crippen molar-refractivity contribution in [1.29, 1.82) is 0 Å². The summed E-state index contributed by atoms with van der Waals surface area (Å²) in [6.45, 7) is 6.43. The molecule has 6 nitrogen and oxygen atoms in total. The Labute approximate surface area is 477 Å². The maximum atomic E-state index is 12.8. The Balaban J connectivity index is 4.22. The normalized spacial score (nSPS) is 12.7. The van der Waals surface area contributed by atoms with Crippen LogP contribution < -0.4 is 0 Å². The van der Waals surface area contributed by atoms with Crippen molar-refractivity contribution >= 4 is 17.9 Å². The molecule has 0 aliphatic carbocycles. The lowest BCUT2D eigenvalue weighted by Crippen LogP contribution is -2.30. The van der Waals surface area contributed by atoms with E-state index >= 15 is 0 Å². The van der Waals surface area contributed by atoms with Gasteiger partial charge in [-0.2, -0.15) is 0 Å². The molecule has 0 amide bonds. The predicted octanol–water partition coefficient (Wildman–Crippen LogP) is 22.4. The molecule has 0 radical (unpaired) electrons. The van der Waals surface area contributed by atoms with Crippen LogP contribution in [-0.2, 0) is 28.6 Å². The van der Waals surface area contributed by atoms with Gasteiger partial charge in [-0.3, -0.25) is 14.4 Å². The van der Waals surface area contributed by atoms with Crippen LogP contribution in [0.3, 0.4) is 0 Å². The van der Waals surface area contributed by atoms with E-state index in [1.165, 1.54) is 186 Å². The molecule has 0 aromatic rings. The molecule has 0 fully saturated rings. The number of carbonyl (C=O) groups excluding carboxylic acids is 3. The zero-order chi connectivity index (χ0) is 55.7. The Bertz CT molecular complexity index is 1510. The second kappa shape index (κ2) is 64.9. The molecule has 0 heterocycles. The monoisotopic (exact) mass is 1070 g/mol. The number of carbonyl (C=O) groups is 3. The number of ether oxygens (including phenoxy) is 3. The van der Waals surface area contributed by atoms with Crippen molar-refractivity contribution in [1.82, 2.24) is 0 Å². The highest BCUT2D eigenvalue weighted by Crippen LogP contribution is 2.17. The molecular weight excluding hydrogens is 949 g/mol. The van der Waals surface area contributed by atoms with Crippen molar-refractivity contribution in [3.05, 3.63) is 97.2 Å². The zero-order valence-electron chi connectivity index (χ0n) is 50.7. The van der Waals surface area contributed by atoms with Crippen molar-refractivity contribution in [3.63, 3.8) is 0 Å². The lowest BCUT2D eigenvalue weighted by Gasteiger charge is -2.18. The van der Waals surface area contributed by atoms with Gasteiger partial charge in [0.25, 0.3) is 0 Å². The smallest absolute Gasteiger partial charge is 0.310 e. The molecule has 0 saturated heterocycles. The highest BCUT2D eigenvalue weighted by Gasteiger charge is 2.19. The van der Waals surface area contributed by atoms with Gasteiger partial charge >= 0.3 is 17.9 Å². The van der Waals surface area contributed by atoms with Gasteiger partial charge in [-0.15, -0.1) is 0 Å². The molecule has 0 N–H and O–H groups in total. The average Bonchev–Trinajstić information content (AvgIpc) is 3.43. The molecule has 0 saturated carbocycles. The molecule has 0 aromatic carbocycles. The summed E-state index contributed by atoms with van der Waals surface area (Å²) in [7, 11) is 0. The first kappa shape index (κ1) is 73.3. The quantitative estimate of drug-likeness (QED) is 0.0261. The lowest BCUT2D eigenvalue weighted by atomic mass is 10.0. The second-order valence-electron chi connectivity index (χ2n) is 21.7. The van der Waals surface area contributed by atoms with Crippen molar-refractivity contribution < 1.29 is 28.6 Å². The molecule has 0 rings (SSSR count). The minimum absolute atomic E-state index is 0.0955. The zero-order valence-corrected chi connectivity index (χ0v) is 50.7. The van der Waals surface area contributed by atoms with E-state index in [4.69, 9.17) is 14.2 Å². The largest absolute Gasteiger partial charge is 0.462 e. The Morgan fingerprint density at radius 2 is 0.545 bits per heavy atom. The summed E-state index contributed by atoms with van der Waals surface area (Å²) < 4.78 is 16.8. The average molecular weight is 1070 g/mol. The molecule has 0 bridgehead atoms. The maximum Gasteiger partial charge on any atom is 0.310 e. The van der Waals surface area contributed by atoms with Crippen molar-refractivity contribution in [3.8, 4) is 0 Å². The van der Waals surface area contributed by atoms with Gasteiger partial charge in [-0.05, 0) is 103 Å². The van der Waals surface area contributed by atoms with Crippen LogP contribution in [0.4, 0.5) is 0 Å². The first-order chi connectivity index (χ1) is 38.0. The van der Waals surface area contributed by atoms with Gasteiger partial charge in [0.15, 0.2) is 6.10 Å². The van der Waals surface area contributed by atoms with E-state index in [2.05, 4.69) is 106 Å². The molecule has 1 unspecified atom stereocenters. The minimum Gasteiger partial charge on any atom is -0.462 e. The van der Waals surface area contributed by atoms with Crippen LogP contribution >= 0.6 is 0 Å². The first-order valence-electron chi connectivity index (χ1n) is 32.7. The fourth-order valence-corrected chi connectivity index (χ4v) is 9.19. The highest BCUT2D eigenvalue weighted by atomic mass is 16.6. The van der Waals surface area contributed by atoms with Crippen LogP contribution in [0, 0.1) is 0 Å². The van der Waals surface area contributed by atoms with Crippen LogP contribution in [0.5, 0.6) is 0 Å². The lowest BCUT2D eigenvalue weighted by molar-refractivity contribution is -0.166. The van der Waals surface area contributed by atoms with Crippen LogP contribution in [0.15, 0.2) is 97.2 Å². The molecule has 0 aliphatic rings. The van der Waals surface area contributed by atoms with E-state index in [0.29, 0.717) is 12.8 Å². The van der Waals surface area contributed by atoms with E-state index in [1.54, 1.807) is 6.08 Å². The van der Waals surface area contributed by atoms with Gasteiger partial charge in [0, 0.05) is 12.8 Å². The Kier molecular flexibility index (Phi) is 61.8. The van der Waals surface area contributed by atoms with Crippen LogP contribution in [0.2, 0.25) is 0 Å². The number of allylic oxidation sites excluding steroid dienone is 15. The summed E-state index contributed by atoms with van der Waals surface area (Å²) in [6.07, 6.45) is 87.5. The van der Waals surface area contributed by atoms with Crippen molar-refractivity contribution in [2.24, 2.45) is 0 Å². The molecule has 0 aliphatic heterocycles. The van der Waals surface area contributed by atoms with Gasteiger partial charge in [0.05, 0.1) is 6.42 Å². The maximum absolute atomic E-state index is 12.8. The summed E-state index contributed by atoms with van der Waals surface area (Å²) in [5.41, 5.74) is 0. The fourth-order valence-electron chi connectivity index (χ4n) is 9.19. The molecule has 0 spiro atoms. The minimum atomic E-state index is -0.835.